The first-order valence-corrected chi connectivity index (χ1v) is 16.2. The minimum absolute atomic E-state index is 0.0643. The molecule has 0 bridgehead atoms. The third kappa shape index (κ3) is 8.52. The van der Waals surface area contributed by atoms with E-state index in [-0.39, 0.29) is 12.1 Å². The number of hydrogen-bond donors (Lipinski definition) is 2. The molecule has 4 aromatic rings. The van der Waals surface area contributed by atoms with Gasteiger partial charge in [0.1, 0.15) is 5.75 Å². The van der Waals surface area contributed by atoms with Gasteiger partial charge in [0.25, 0.3) is 0 Å². The van der Waals surface area contributed by atoms with E-state index in [4.69, 9.17) is 4.74 Å². The first kappa shape index (κ1) is 30.0. The SMILES string of the molecule is CCc1ccc(NC(=O)N(c2ccccc2)C2CCN(Cc3ccc(Oc4ccc(NS(C)(=O)=O)cc4)nc3)CC2)cn1. The number of carbonyl (C=O) groups is 1. The summed E-state index contributed by atoms with van der Waals surface area (Å²) in [6.45, 7) is 4.50. The first-order chi connectivity index (χ1) is 20.8. The number of rotatable bonds is 10. The Morgan fingerprint density at radius 1 is 0.930 bits per heavy atom. The number of likely N-dealkylation sites (tertiary alicyclic amines) is 1. The van der Waals surface area contributed by atoms with Gasteiger partial charge in [-0.3, -0.25) is 19.5 Å². The molecular weight excluding hydrogens is 564 g/mol. The maximum absolute atomic E-state index is 13.5. The summed E-state index contributed by atoms with van der Waals surface area (Å²) in [6.07, 6.45) is 7.16. The largest absolute Gasteiger partial charge is 0.439 e. The number of benzene rings is 2. The van der Waals surface area contributed by atoms with Gasteiger partial charge in [-0.2, -0.15) is 0 Å². The second-order valence-corrected chi connectivity index (χ2v) is 12.3. The number of para-hydroxylation sites is 1. The summed E-state index contributed by atoms with van der Waals surface area (Å²) in [7, 11) is -3.33. The number of nitrogens with zero attached hydrogens (tertiary/aromatic N) is 4. The highest BCUT2D eigenvalue weighted by Crippen LogP contribution is 2.26. The predicted octanol–water partition coefficient (Wildman–Crippen LogP) is 5.91. The molecule has 3 heterocycles. The molecular formula is C32H36N6O4S. The molecule has 1 aliphatic rings. The molecule has 0 radical (unpaired) electrons. The average Bonchev–Trinajstić information content (AvgIpc) is 3.00. The molecule has 1 fully saturated rings. The molecule has 1 saturated heterocycles. The van der Waals surface area contributed by atoms with Crippen molar-refractivity contribution in [3.63, 3.8) is 0 Å². The van der Waals surface area contributed by atoms with Gasteiger partial charge in [0.15, 0.2) is 0 Å². The van der Waals surface area contributed by atoms with E-state index < -0.39 is 10.0 Å². The fourth-order valence-electron chi connectivity index (χ4n) is 5.06. The van der Waals surface area contributed by atoms with Gasteiger partial charge in [0.2, 0.25) is 15.9 Å². The Balaban J connectivity index is 1.16. The quantitative estimate of drug-likeness (QED) is 0.233. The topological polar surface area (TPSA) is 117 Å². The minimum atomic E-state index is -3.33. The number of carbonyl (C=O) groups excluding carboxylic acids is 1. The van der Waals surface area contributed by atoms with E-state index in [1.807, 2.05) is 65.7 Å². The predicted molar refractivity (Wildman–Crippen MR) is 169 cm³/mol. The van der Waals surface area contributed by atoms with Crippen molar-refractivity contribution in [2.75, 3.05) is 34.3 Å². The molecule has 0 unspecified atom stereocenters. The van der Waals surface area contributed by atoms with Gasteiger partial charge in [-0.05, 0) is 73.4 Å². The molecule has 1 aliphatic heterocycles. The van der Waals surface area contributed by atoms with Crippen LogP contribution in [0.15, 0.2) is 91.3 Å². The molecule has 2 amide bonds. The number of ether oxygens (including phenoxy) is 1. The number of aryl methyl sites for hydroxylation is 1. The number of hydrogen-bond acceptors (Lipinski definition) is 7. The summed E-state index contributed by atoms with van der Waals surface area (Å²) in [5, 5.41) is 3.04. The fraction of sp³-hybridized carbons (Fsp3) is 0.281. The van der Waals surface area contributed by atoms with Crippen molar-refractivity contribution in [1.82, 2.24) is 14.9 Å². The van der Waals surface area contributed by atoms with Crippen LogP contribution in [-0.4, -0.2) is 54.7 Å². The number of aromatic nitrogens is 2. The molecule has 5 rings (SSSR count). The standard InChI is InChI=1S/C32H36N6O4S/c1-3-25-10-11-27(22-33-25)35-32(39)38(28-7-5-4-6-8-28)29-17-19-37(20-18-29)23-24-9-16-31(34-21-24)42-30-14-12-26(13-15-30)36-43(2,40)41/h4-16,21-22,29,36H,3,17-20,23H2,1-2H3,(H,35,39). The Morgan fingerprint density at radius 2 is 1.65 bits per heavy atom. The van der Waals surface area contributed by atoms with Gasteiger partial charge in [0.05, 0.1) is 18.1 Å². The molecule has 2 aromatic heterocycles. The molecule has 224 valence electrons. The molecule has 0 saturated carbocycles. The summed E-state index contributed by atoms with van der Waals surface area (Å²) >= 11 is 0. The molecule has 43 heavy (non-hydrogen) atoms. The van der Waals surface area contributed by atoms with Crippen LogP contribution in [0, 0.1) is 0 Å². The highest BCUT2D eigenvalue weighted by atomic mass is 32.2. The van der Waals surface area contributed by atoms with Crippen molar-refractivity contribution >= 4 is 33.1 Å². The van der Waals surface area contributed by atoms with Crippen LogP contribution in [0.25, 0.3) is 0 Å². The van der Waals surface area contributed by atoms with Crippen LogP contribution >= 0.6 is 0 Å². The van der Waals surface area contributed by atoms with Crippen LogP contribution in [0.3, 0.4) is 0 Å². The normalized spacial score (nSPS) is 14.2. The van der Waals surface area contributed by atoms with Crippen molar-refractivity contribution in [1.29, 1.82) is 0 Å². The van der Waals surface area contributed by atoms with E-state index in [9.17, 15) is 13.2 Å². The molecule has 0 atom stereocenters. The number of nitrogens with one attached hydrogen (secondary N) is 2. The number of pyridine rings is 2. The summed E-state index contributed by atoms with van der Waals surface area (Å²) in [5.41, 5.74) is 4.07. The van der Waals surface area contributed by atoms with Crippen LogP contribution in [0.1, 0.15) is 31.0 Å². The van der Waals surface area contributed by atoms with Crippen LogP contribution in [0.5, 0.6) is 11.6 Å². The smallest absolute Gasteiger partial charge is 0.326 e. The molecule has 2 N–H and O–H groups in total. The zero-order valence-electron chi connectivity index (χ0n) is 24.3. The van der Waals surface area contributed by atoms with E-state index in [1.54, 1.807) is 30.5 Å². The monoisotopic (exact) mass is 600 g/mol. The fourth-order valence-corrected chi connectivity index (χ4v) is 5.62. The molecule has 2 aromatic carbocycles. The second-order valence-electron chi connectivity index (χ2n) is 10.5. The van der Waals surface area contributed by atoms with Crippen molar-refractivity contribution < 1.29 is 17.9 Å². The summed E-state index contributed by atoms with van der Waals surface area (Å²) in [5.74, 6) is 1.01. The Morgan fingerprint density at radius 3 is 2.26 bits per heavy atom. The van der Waals surface area contributed by atoms with Crippen molar-refractivity contribution in [3.8, 4) is 11.6 Å². The number of urea groups is 1. The third-order valence-electron chi connectivity index (χ3n) is 7.20. The Kier molecular flexibility index (Phi) is 9.53. The average molecular weight is 601 g/mol. The Labute approximate surface area is 252 Å². The van der Waals surface area contributed by atoms with Gasteiger partial charge in [-0.1, -0.05) is 31.2 Å². The second kappa shape index (κ2) is 13.7. The molecule has 0 aliphatic carbocycles. The highest BCUT2D eigenvalue weighted by molar-refractivity contribution is 7.92. The zero-order chi connectivity index (χ0) is 30.2. The van der Waals surface area contributed by atoms with Crippen molar-refractivity contribution in [2.24, 2.45) is 0 Å². The van der Waals surface area contributed by atoms with Gasteiger partial charge >= 0.3 is 6.03 Å². The lowest BCUT2D eigenvalue weighted by atomic mass is 10.0. The van der Waals surface area contributed by atoms with E-state index in [0.29, 0.717) is 23.0 Å². The number of piperidine rings is 1. The van der Waals surface area contributed by atoms with E-state index >= 15 is 0 Å². The summed E-state index contributed by atoms with van der Waals surface area (Å²) in [6, 6.07) is 24.0. The maximum atomic E-state index is 13.5. The van der Waals surface area contributed by atoms with Crippen molar-refractivity contribution in [3.05, 3.63) is 103 Å². The lowest BCUT2D eigenvalue weighted by Gasteiger charge is -2.38. The van der Waals surface area contributed by atoms with Crippen molar-refractivity contribution in [2.45, 2.75) is 38.8 Å². The minimum Gasteiger partial charge on any atom is -0.439 e. The number of anilines is 3. The highest BCUT2D eigenvalue weighted by Gasteiger charge is 2.29. The zero-order valence-corrected chi connectivity index (χ0v) is 25.1. The Bertz CT molecular complexity index is 1590. The van der Waals surface area contributed by atoms with Gasteiger partial charge in [-0.25, -0.2) is 18.2 Å². The van der Waals surface area contributed by atoms with Gasteiger partial charge < -0.3 is 10.1 Å². The molecule has 11 heteroatoms. The summed E-state index contributed by atoms with van der Waals surface area (Å²) in [4.78, 5) is 26.6. The van der Waals surface area contributed by atoms with Gasteiger partial charge in [-0.15, -0.1) is 0 Å². The third-order valence-corrected chi connectivity index (χ3v) is 7.80. The van der Waals surface area contributed by atoms with E-state index in [0.717, 1.165) is 62.1 Å². The lowest BCUT2D eigenvalue weighted by Crippen LogP contribution is -2.49. The number of amides is 2. The maximum Gasteiger partial charge on any atom is 0.326 e. The molecule has 0 spiro atoms. The van der Waals surface area contributed by atoms with E-state index in [1.165, 1.54) is 0 Å². The first-order valence-electron chi connectivity index (χ1n) is 14.3. The van der Waals surface area contributed by atoms with E-state index in [2.05, 4.69) is 31.8 Å². The summed E-state index contributed by atoms with van der Waals surface area (Å²) < 4.78 is 31.0. The van der Waals surface area contributed by atoms with Crippen LogP contribution < -0.4 is 19.7 Å². The number of sulfonamides is 1. The lowest BCUT2D eigenvalue weighted by molar-refractivity contribution is 0.199. The van der Waals surface area contributed by atoms with Gasteiger partial charge in [0, 0.05) is 55.0 Å². The molecule has 10 nitrogen and oxygen atoms in total. The van der Waals surface area contributed by atoms with Crippen LogP contribution in [0.2, 0.25) is 0 Å². The Hall–Kier alpha value is -4.48. The van der Waals surface area contributed by atoms with Crippen LogP contribution in [-0.2, 0) is 23.0 Å². The van der Waals surface area contributed by atoms with Crippen LogP contribution in [0.4, 0.5) is 21.9 Å².